The molecule has 0 aliphatic heterocycles. The van der Waals surface area contributed by atoms with Crippen LogP contribution in [0, 0.1) is 0 Å². The zero-order chi connectivity index (χ0) is 13.5. The molecule has 96 valence electrons. The van der Waals surface area contributed by atoms with E-state index in [0.29, 0.717) is 5.71 Å². The van der Waals surface area contributed by atoms with E-state index in [0.717, 1.165) is 5.56 Å². The maximum absolute atomic E-state index is 11.5. The summed E-state index contributed by atoms with van der Waals surface area (Å²) in [5.74, 6) is -1.46. The van der Waals surface area contributed by atoms with Gasteiger partial charge in [-0.05, 0) is 26.3 Å². The van der Waals surface area contributed by atoms with Crippen molar-refractivity contribution in [1.29, 1.82) is 0 Å². The molecule has 0 saturated heterocycles. The molecule has 0 saturated carbocycles. The maximum Gasteiger partial charge on any atom is 0.329 e. The molecule has 1 rings (SSSR count). The number of carbonyl (C=O) groups is 2. The summed E-state index contributed by atoms with van der Waals surface area (Å²) in [6.07, 6.45) is 0. The molecule has 18 heavy (non-hydrogen) atoms. The molecule has 0 aromatic heterocycles. The van der Waals surface area contributed by atoms with Crippen molar-refractivity contribution in [2.45, 2.75) is 26.8 Å². The van der Waals surface area contributed by atoms with E-state index in [2.05, 4.69) is 15.8 Å². The van der Waals surface area contributed by atoms with Crippen LogP contribution in [-0.2, 0) is 9.59 Å². The van der Waals surface area contributed by atoms with Crippen LogP contribution in [0.1, 0.15) is 32.4 Å². The molecule has 2 amide bonds. The smallest absolute Gasteiger partial charge is 0.329 e. The molecule has 1 atom stereocenters. The predicted molar refractivity (Wildman–Crippen MR) is 69.9 cm³/mol. The maximum atomic E-state index is 11.5. The van der Waals surface area contributed by atoms with Crippen molar-refractivity contribution in [1.82, 2.24) is 10.7 Å². The number of rotatable bonds is 3. The fourth-order valence-electron chi connectivity index (χ4n) is 1.30. The monoisotopic (exact) mass is 247 g/mol. The molecular formula is C13H17N3O2. The minimum Gasteiger partial charge on any atom is -0.341 e. The topological polar surface area (TPSA) is 70.6 Å². The average Bonchev–Trinajstić information content (AvgIpc) is 2.36. The summed E-state index contributed by atoms with van der Waals surface area (Å²) in [7, 11) is 0. The van der Waals surface area contributed by atoms with Crippen molar-refractivity contribution >= 4 is 17.5 Å². The molecule has 5 nitrogen and oxygen atoms in total. The van der Waals surface area contributed by atoms with Crippen LogP contribution in [0.5, 0.6) is 0 Å². The predicted octanol–water partition coefficient (Wildman–Crippen LogP) is 1.38. The van der Waals surface area contributed by atoms with Gasteiger partial charge in [0.2, 0.25) is 0 Å². The number of amides is 2. The van der Waals surface area contributed by atoms with Crippen LogP contribution >= 0.6 is 0 Å². The Balaban J connectivity index is 2.55. The minimum absolute atomic E-state index is 0.226. The number of benzene rings is 1. The standard InChI is InChI=1S/C13H17N3O2/c1-9(2)15-16-13(18)12(17)14-10(3)11-7-5-4-6-8-11/h4-8,10H,1-3H3,(H,14,17)(H,16,18). The van der Waals surface area contributed by atoms with Gasteiger partial charge in [-0.15, -0.1) is 0 Å². The summed E-state index contributed by atoms with van der Waals surface area (Å²) in [6.45, 7) is 5.27. The van der Waals surface area contributed by atoms with Gasteiger partial charge in [0.15, 0.2) is 0 Å². The van der Waals surface area contributed by atoms with Crippen LogP contribution in [-0.4, -0.2) is 17.5 Å². The third-order valence-corrected chi connectivity index (χ3v) is 2.23. The van der Waals surface area contributed by atoms with Gasteiger partial charge in [-0.3, -0.25) is 9.59 Å². The highest BCUT2D eigenvalue weighted by Crippen LogP contribution is 2.10. The number of nitrogens with one attached hydrogen (secondary N) is 2. The number of nitrogens with zero attached hydrogens (tertiary/aromatic N) is 1. The molecule has 1 aromatic rings. The van der Waals surface area contributed by atoms with E-state index < -0.39 is 11.8 Å². The molecule has 1 unspecified atom stereocenters. The Kier molecular flexibility index (Phi) is 5.05. The van der Waals surface area contributed by atoms with Gasteiger partial charge < -0.3 is 5.32 Å². The molecular weight excluding hydrogens is 230 g/mol. The van der Waals surface area contributed by atoms with Crippen molar-refractivity contribution in [3.8, 4) is 0 Å². The molecule has 0 aliphatic rings. The van der Waals surface area contributed by atoms with Crippen molar-refractivity contribution in [3.05, 3.63) is 35.9 Å². The summed E-state index contributed by atoms with van der Waals surface area (Å²) >= 11 is 0. The lowest BCUT2D eigenvalue weighted by molar-refractivity contribution is -0.139. The lowest BCUT2D eigenvalue weighted by atomic mass is 10.1. The second-order valence-electron chi connectivity index (χ2n) is 4.11. The van der Waals surface area contributed by atoms with Gasteiger partial charge in [-0.25, -0.2) is 5.43 Å². The van der Waals surface area contributed by atoms with Gasteiger partial charge in [0, 0.05) is 5.71 Å². The normalized spacial score (nSPS) is 11.3. The Morgan fingerprint density at radius 3 is 2.28 bits per heavy atom. The first kappa shape index (κ1) is 13.9. The van der Waals surface area contributed by atoms with Crippen LogP contribution in [0.25, 0.3) is 0 Å². The summed E-state index contributed by atoms with van der Waals surface area (Å²) < 4.78 is 0. The van der Waals surface area contributed by atoms with E-state index in [9.17, 15) is 9.59 Å². The molecule has 0 bridgehead atoms. The zero-order valence-corrected chi connectivity index (χ0v) is 10.7. The Morgan fingerprint density at radius 2 is 1.72 bits per heavy atom. The lowest BCUT2D eigenvalue weighted by Crippen LogP contribution is -2.39. The van der Waals surface area contributed by atoms with Crippen molar-refractivity contribution in [3.63, 3.8) is 0 Å². The van der Waals surface area contributed by atoms with Crippen LogP contribution in [0.15, 0.2) is 35.4 Å². The molecule has 0 heterocycles. The van der Waals surface area contributed by atoms with Crippen molar-refractivity contribution in [2.24, 2.45) is 5.10 Å². The largest absolute Gasteiger partial charge is 0.341 e. The Hall–Kier alpha value is -2.17. The second kappa shape index (κ2) is 6.54. The highest BCUT2D eigenvalue weighted by atomic mass is 16.2. The molecule has 2 N–H and O–H groups in total. The Bertz CT molecular complexity index is 451. The second-order valence-corrected chi connectivity index (χ2v) is 4.11. The molecule has 0 fully saturated rings. The molecule has 0 aliphatic carbocycles. The fraction of sp³-hybridized carbons (Fsp3) is 0.308. The van der Waals surface area contributed by atoms with E-state index in [4.69, 9.17) is 0 Å². The third-order valence-electron chi connectivity index (χ3n) is 2.23. The first-order valence-electron chi connectivity index (χ1n) is 5.67. The van der Waals surface area contributed by atoms with Gasteiger partial charge in [0.05, 0.1) is 6.04 Å². The average molecular weight is 247 g/mol. The van der Waals surface area contributed by atoms with E-state index in [1.807, 2.05) is 37.3 Å². The summed E-state index contributed by atoms with van der Waals surface area (Å²) in [5.41, 5.74) is 3.79. The van der Waals surface area contributed by atoms with E-state index in [-0.39, 0.29) is 6.04 Å². The van der Waals surface area contributed by atoms with Crippen LogP contribution in [0.4, 0.5) is 0 Å². The number of hydrazone groups is 1. The molecule has 5 heteroatoms. The van der Waals surface area contributed by atoms with E-state index >= 15 is 0 Å². The van der Waals surface area contributed by atoms with E-state index in [1.54, 1.807) is 13.8 Å². The SMILES string of the molecule is CC(C)=NNC(=O)C(=O)NC(C)c1ccccc1. The van der Waals surface area contributed by atoms with Gasteiger partial charge >= 0.3 is 11.8 Å². The van der Waals surface area contributed by atoms with Gasteiger partial charge in [0.1, 0.15) is 0 Å². The van der Waals surface area contributed by atoms with Gasteiger partial charge in [0.25, 0.3) is 0 Å². The third kappa shape index (κ3) is 4.37. The fourth-order valence-corrected chi connectivity index (χ4v) is 1.30. The highest BCUT2D eigenvalue weighted by molar-refractivity contribution is 6.35. The zero-order valence-electron chi connectivity index (χ0n) is 10.7. The number of hydrogen-bond acceptors (Lipinski definition) is 3. The summed E-state index contributed by atoms with van der Waals surface area (Å²) in [4.78, 5) is 22.9. The van der Waals surface area contributed by atoms with Crippen molar-refractivity contribution in [2.75, 3.05) is 0 Å². The molecule has 1 aromatic carbocycles. The number of carbonyl (C=O) groups excluding carboxylic acids is 2. The summed E-state index contributed by atoms with van der Waals surface area (Å²) in [5, 5.41) is 6.28. The first-order valence-corrected chi connectivity index (χ1v) is 5.67. The summed E-state index contributed by atoms with van der Waals surface area (Å²) in [6, 6.07) is 9.19. The van der Waals surface area contributed by atoms with Crippen LogP contribution in [0.3, 0.4) is 0 Å². The van der Waals surface area contributed by atoms with Gasteiger partial charge in [-0.1, -0.05) is 30.3 Å². The minimum atomic E-state index is -0.765. The highest BCUT2D eigenvalue weighted by Gasteiger charge is 2.16. The molecule has 0 radical (unpaired) electrons. The molecule has 0 spiro atoms. The van der Waals surface area contributed by atoms with Gasteiger partial charge in [-0.2, -0.15) is 5.10 Å². The lowest BCUT2D eigenvalue weighted by Gasteiger charge is -2.13. The quantitative estimate of drug-likeness (QED) is 0.481. The first-order chi connectivity index (χ1) is 8.50. The number of hydrogen-bond donors (Lipinski definition) is 2. The Labute approximate surface area is 106 Å². The van der Waals surface area contributed by atoms with Crippen molar-refractivity contribution < 1.29 is 9.59 Å². The Morgan fingerprint density at radius 1 is 1.11 bits per heavy atom. The van der Waals surface area contributed by atoms with Crippen LogP contribution in [0.2, 0.25) is 0 Å². The van der Waals surface area contributed by atoms with E-state index in [1.165, 1.54) is 0 Å². The van der Waals surface area contributed by atoms with Crippen LogP contribution < -0.4 is 10.7 Å².